The van der Waals surface area contributed by atoms with Crippen molar-refractivity contribution in [2.75, 3.05) is 7.11 Å². The molecule has 0 aliphatic carbocycles. The van der Waals surface area contributed by atoms with E-state index in [1.54, 1.807) is 6.07 Å². The van der Waals surface area contributed by atoms with Crippen LogP contribution in [0.15, 0.2) is 57.4 Å². The summed E-state index contributed by atoms with van der Waals surface area (Å²) in [6, 6.07) is 9.11. The third kappa shape index (κ3) is 4.02. The Morgan fingerprint density at radius 3 is 2.50 bits per heavy atom. The summed E-state index contributed by atoms with van der Waals surface area (Å²) >= 11 is 0. The van der Waals surface area contributed by atoms with E-state index in [1.165, 1.54) is 44.4 Å². The van der Waals surface area contributed by atoms with Gasteiger partial charge >= 0.3 is 11.9 Å². The van der Waals surface area contributed by atoms with E-state index in [2.05, 4.69) is 5.18 Å². The highest BCUT2D eigenvalue weighted by molar-refractivity contribution is 5.57. The summed E-state index contributed by atoms with van der Waals surface area (Å²) in [5.74, 6) is 0.144. The smallest absolute Gasteiger partial charge is 0.416 e. The first-order valence-electron chi connectivity index (χ1n) is 9.06. The molecule has 0 amide bonds. The topological polar surface area (TPSA) is 106 Å². The van der Waals surface area contributed by atoms with Gasteiger partial charge in [-0.15, -0.1) is 4.91 Å². The number of alkyl halides is 3. The third-order valence-electron chi connectivity index (χ3n) is 4.91. The molecule has 32 heavy (non-hydrogen) atoms. The number of nitrogens with zero attached hydrogens (tertiary/aromatic N) is 4. The number of halogens is 3. The Bertz CT molecular complexity index is 1370. The maximum Gasteiger partial charge on any atom is 0.416 e. The molecule has 0 aliphatic heterocycles. The van der Waals surface area contributed by atoms with Gasteiger partial charge in [0.2, 0.25) is 0 Å². The molecule has 0 aliphatic rings. The molecule has 2 aromatic carbocycles. The molecule has 164 valence electrons. The minimum atomic E-state index is -4.61. The van der Waals surface area contributed by atoms with Crippen molar-refractivity contribution in [2.45, 2.75) is 19.6 Å². The lowest BCUT2D eigenvalue weighted by molar-refractivity contribution is -0.138. The van der Waals surface area contributed by atoms with Crippen molar-refractivity contribution < 1.29 is 17.9 Å². The first kappa shape index (κ1) is 22.5. The van der Waals surface area contributed by atoms with Gasteiger partial charge in [0.1, 0.15) is 17.4 Å². The summed E-state index contributed by atoms with van der Waals surface area (Å²) in [7, 11) is 1.32. The summed E-state index contributed by atoms with van der Waals surface area (Å²) < 4.78 is 46.3. The van der Waals surface area contributed by atoms with Gasteiger partial charge in [0.25, 0.3) is 5.56 Å². The lowest BCUT2D eigenvalue weighted by atomic mass is 10.0. The third-order valence-corrected chi connectivity index (χ3v) is 4.91. The predicted molar refractivity (Wildman–Crippen MR) is 108 cm³/mol. The lowest BCUT2D eigenvalue weighted by Gasteiger charge is -2.16. The molecule has 1 aromatic heterocycles. The highest BCUT2D eigenvalue weighted by Gasteiger charge is 2.33. The van der Waals surface area contributed by atoms with Crippen LogP contribution >= 0.6 is 0 Å². The number of ether oxygens (including phenoxy) is 1. The second-order valence-electron chi connectivity index (χ2n) is 6.73. The summed E-state index contributed by atoms with van der Waals surface area (Å²) in [6.07, 6.45) is -3.61. The number of rotatable bonds is 5. The van der Waals surface area contributed by atoms with Crippen molar-refractivity contribution in [3.63, 3.8) is 0 Å². The van der Waals surface area contributed by atoms with Crippen LogP contribution < -0.4 is 16.0 Å². The largest absolute Gasteiger partial charge is 0.494 e. The van der Waals surface area contributed by atoms with E-state index in [-0.39, 0.29) is 28.3 Å². The Kier molecular flexibility index (Phi) is 5.98. The van der Waals surface area contributed by atoms with Crippen LogP contribution in [0.2, 0.25) is 0 Å². The zero-order valence-electron chi connectivity index (χ0n) is 16.8. The molecular weight excluding hydrogens is 429 g/mol. The summed E-state index contributed by atoms with van der Waals surface area (Å²) in [5, 5.41) is 12.2. The second-order valence-corrected chi connectivity index (χ2v) is 6.73. The van der Waals surface area contributed by atoms with Crippen LogP contribution in [0.5, 0.6) is 5.75 Å². The first-order chi connectivity index (χ1) is 15.1. The van der Waals surface area contributed by atoms with E-state index >= 15 is 0 Å². The molecule has 11 heteroatoms. The van der Waals surface area contributed by atoms with E-state index in [1.807, 2.05) is 0 Å². The monoisotopic (exact) mass is 444 g/mol. The minimum absolute atomic E-state index is 0.0886. The molecule has 1 heterocycles. The summed E-state index contributed by atoms with van der Waals surface area (Å²) in [4.78, 5) is 36.8. The quantitative estimate of drug-likeness (QED) is 0.559. The number of hydrogen-bond donors (Lipinski definition) is 0. The van der Waals surface area contributed by atoms with Crippen molar-refractivity contribution >= 4 is 5.69 Å². The van der Waals surface area contributed by atoms with Crippen molar-refractivity contribution in [3.8, 4) is 17.5 Å². The Balaban J connectivity index is 2.22. The van der Waals surface area contributed by atoms with Gasteiger partial charge in [-0.25, -0.2) is 4.79 Å². The standard InChI is InChI=1S/C21H15F3N4O4/c1-12-13(4-3-5-16(12)21(22,23)24)10-28-19(29)14(9-25)11-27(20(28)30)15-6-7-18(32-2)17(8-15)26-31/h3-8,11H,10H2,1-2H3. The molecular formula is C21H15F3N4O4. The van der Waals surface area contributed by atoms with E-state index < -0.39 is 35.1 Å². The van der Waals surface area contributed by atoms with Crippen LogP contribution in [-0.4, -0.2) is 16.2 Å². The van der Waals surface area contributed by atoms with E-state index in [4.69, 9.17) is 4.74 Å². The van der Waals surface area contributed by atoms with Crippen LogP contribution in [0.25, 0.3) is 5.69 Å². The van der Waals surface area contributed by atoms with Gasteiger partial charge in [-0.05, 0) is 47.5 Å². The molecule has 3 rings (SSSR count). The van der Waals surface area contributed by atoms with E-state index in [0.717, 1.165) is 16.8 Å². The molecule has 0 fully saturated rings. The minimum Gasteiger partial charge on any atom is -0.494 e. The second kappa shape index (κ2) is 8.50. The number of methoxy groups -OCH3 is 1. The van der Waals surface area contributed by atoms with Gasteiger partial charge in [0, 0.05) is 6.20 Å². The SMILES string of the molecule is COc1ccc(-n2cc(C#N)c(=O)n(Cc3cccc(C(F)(F)F)c3C)c2=O)cc1N=O. The Hall–Kier alpha value is -4.20. The van der Waals surface area contributed by atoms with Crippen LogP contribution in [-0.2, 0) is 12.7 Å². The lowest BCUT2D eigenvalue weighted by Crippen LogP contribution is -2.40. The van der Waals surface area contributed by atoms with Gasteiger partial charge < -0.3 is 4.74 Å². The number of nitroso groups, excluding NO2 is 1. The highest BCUT2D eigenvalue weighted by Crippen LogP contribution is 2.33. The summed E-state index contributed by atoms with van der Waals surface area (Å²) in [6.45, 7) is 0.749. The van der Waals surface area contributed by atoms with Crippen molar-refractivity contribution in [1.29, 1.82) is 5.26 Å². The predicted octanol–water partition coefficient (Wildman–Crippen LogP) is 3.65. The van der Waals surface area contributed by atoms with Crippen LogP contribution in [0.4, 0.5) is 18.9 Å². The van der Waals surface area contributed by atoms with Gasteiger partial charge in [0.15, 0.2) is 5.69 Å². The number of nitriles is 1. The molecule has 3 aromatic rings. The fraction of sp³-hybridized carbons (Fsp3) is 0.190. The van der Waals surface area contributed by atoms with E-state index in [9.17, 15) is 32.9 Å². The summed E-state index contributed by atoms with van der Waals surface area (Å²) in [5.41, 5.74) is -3.23. The number of aromatic nitrogens is 2. The molecule has 0 bridgehead atoms. The average molecular weight is 444 g/mol. The van der Waals surface area contributed by atoms with Gasteiger partial charge in [-0.1, -0.05) is 12.1 Å². The number of hydrogen-bond acceptors (Lipinski definition) is 6. The Morgan fingerprint density at radius 1 is 1.19 bits per heavy atom. The first-order valence-corrected chi connectivity index (χ1v) is 9.06. The van der Waals surface area contributed by atoms with Crippen molar-refractivity contribution in [3.05, 3.63) is 90.6 Å². The molecule has 0 N–H and O–H groups in total. The van der Waals surface area contributed by atoms with Crippen LogP contribution in [0, 0.1) is 23.2 Å². The maximum atomic E-state index is 13.2. The van der Waals surface area contributed by atoms with Gasteiger partial charge in [-0.3, -0.25) is 13.9 Å². The fourth-order valence-electron chi connectivity index (χ4n) is 3.23. The molecule has 0 unspecified atom stereocenters. The Labute approximate surface area is 178 Å². The van der Waals surface area contributed by atoms with Crippen molar-refractivity contribution in [2.24, 2.45) is 5.18 Å². The zero-order chi connectivity index (χ0) is 23.6. The van der Waals surface area contributed by atoms with E-state index in [0.29, 0.717) is 4.57 Å². The molecule has 8 nitrogen and oxygen atoms in total. The highest BCUT2D eigenvalue weighted by atomic mass is 19.4. The molecule has 0 spiro atoms. The van der Waals surface area contributed by atoms with Crippen molar-refractivity contribution in [1.82, 2.24) is 9.13 Å². The molecule has 0 radical (unpaired) electrons. The maximum absolute atomic E-state index is 13.2. The van der Waals surface area contributed by atoms with Gasteiger partial charge in [-0.2, -0.15) is 18.4 Å². The zero-order valence-corrected chi connectivity index (χ0v) is 16.8. The molecule has 0 saturated heterocycles. The fourth-order valence-corrected chi connectivity index (χ4v) is 3.23. The molecule has 0 atom stereocenters. The van der Waals surface area contributed by atoms with Gasteiger partial charge in [0.05, 0.1) is 24.9 Å². The van der Waals surface area contributed by atoms with Crippen LogP contribution in [0.3, 0.4) is 0 Å². The normalized spacial score (nSPS) is 11.1. The average Bonchev–Trinajstić information content (AvgIpc) is 2.76. The molecule has 0 saturated carbocycles. The van der Waals surface area contributed by atoms with Crippen LogP contribution in [0.1, 0.15) is 22.3 Å². The number of benzene rings is 2. The Morgan fingerprint density at radius 2 is 1.91 bits per heavy atom.